The molecule has 0 radical (unpaired) electrons. The Morgan fingerprint density at radius 1 is 1.29 bits per heavy atom. The molecule has 10 heteroatoms. The number of alkyl halides is 1. The predicted octanol–water partition coefficient (Wildman–Crippen LogP) is 3.05. The second-order valence-corrected chi connectivity index (χ2v) is 9.31. The number of hydrogen-bond acceptors (Lipinski definition) is 8. The molecule has 3 aromatic rings. The van der Waals surface area contributed by atoms with Gasteiger partial charge in [0.15, 0.2) is 5.58 Å². The zero-order valence-corrected chi connectivity index (χ0v) is 18.3. The summed E-state index contributed by atoms with van der Waals surface area (Å²) in [6.45, 7) is 4.33. The van der Waals surface area contributed by atoms with E-state index < -0.39 is 4.87 Å². The fourth-order valence-electron chi connectivity index (χ4n) is 3.95. The second-order valence-electron chi connectivity index (χ2n) is 8.45. The van der Waals surface area contributed by atoms with E-state index in [4.69, 9.17) is 21.0 Å². The first-order valence-electron chi connectivity index (χ1n) is 10.3. The Hall–Kier alpha value is -2.75. The number of oxazole rings is 1. The molecule has 2 fully saturated rings. The fourth-order valence-corrected chi connectivity index (χ4v) is 4.28. The number of nitrogens with zero attached hydrogens (tertiary/aromatic N) is 4. The number of aromatic nitrogens is 3. The van der Waals surface area contributed by atoms with Crippen LogP contribution in [0.3, 0.4) is 0 Å². The molecule has 5 rings (SSSR count). The summed E-state index contributed by atoms with van der Waals surface area (Å²) < 4.78 is 5.74. The van der Waals surface area contributed by atoms with E-state index in [1.165, 1.54) is 0 Å². The molecule has 0 spiro atoms. The lowest BCUT2D eigenvalue weighted by molar-refractivity contribution is 0.0947. The maximum Gasteiger partial charge on any atom is 0.302 e. The number of para-hydroxylation sites is 2. The second kappa shape index (κ2) is 7.44. The first-order valence-corrected chi connectivity index (χ1v) is 10.7. The lowest BCUT2D eigenvalue weighted by Gasteiger charge is -2.25. The number of carbonyl (C=O) groups is 1. The van der Waals surface area contributed by atoms with Gasteiger partial charge in [-0.25, -0.2) is 20.4 Å². The van der Waals surface area contributed by atoms with Crippen molar-refractivity contribution in [3.05, 3.63) is 41.2 Å². The molecule has 1 amide bonds. The minimum absolute atomic E-state index is 0.174. The van der Waals surface area contributed by atoms with E-state index in [0.717, 1.165) is 18.4 Å². The molecule has 31 heavy (non-hydrogen) atoms. The minimum atomic E-state index is -0.654. The number of amides is 1. The van der Waals surface area contributed by atoms with Gasteiger partial charge >= 0.3 is 6.01 Å². The van der Waals surface area contributed by atoms with Crippen molar-refractivity contribution in [3.8, 4) is 0 Å². The van der Waals surface area contributed by atoms with Crippen molar-refractivity contribution in [3.63, 3.8) is 0 Å². The highest BCUT2D eigenvalue weighted by Gasteiger charge is 2.44. The molecule has 2 aliphatic rings. The Labute approximate surface area is 184 Å². The van der Waals surface area contributed by atoms with E-state index >= 15 is 0 Å². The molecule has 3 N–H and O–H groups in total. The summed E-state index contributed by atoms with van der Waals surface area (Å²) in [6, 6.07) is 7.62. The standard InChI is InChI=1S/C21H24ClN7O2/c1-11-15(18(30)24-12-8-9-12)16(17-21(2,22)10-29(3)28-17)26-19(23-11)27-20-25-13-6-4-5-7-14(13)31-20/h4-7,12,17,28H,8-10H2,1-3H3,(H,24,30)(H,23,25,26,27). The van der Waals surface area contributed by atoms with Gasteiger partial charge in [0.05, 0.1) is 27.9 Å². The molecule has 1 aliphatic carbocycles. The van der Waals surface area contributed by atoms with Crippen molar-refractivity contribution >= 4 is 40.6 Å². The third-order valence-corrected chi connectivity index (χ3v) is 5.88. The number of rotatable bonds is 5. The highest BCUT2D eigenvalue weighted by Crippen LogP contribution is 2.38. The van der Waals surface area contributed by atoms with Crippen molar-refractivity contribution in [1.82, 2.24) is 30.7 Å². The molecule has 0 bridgehead atoms. The average molecular weight is 442 g/mol. The number of carbonyl (C=O) groups excluding carboxylic acids is 1. The van der Waals surface area contributed by atoms with Gasteiger partial charge < -0.3 is 9.73 Å². The molecule has 3 heterocycles. The summed E-state index contributed by atoms with van der Waals surface area (Å²) in [5.74, 6) is 0.123. The summed E-state index contributed by atoms with van der Waals surface area (Å²) in [7, 11) is 1.91. The number of benzene rings is 1. The van der Waals surface area contributed by atoms with Crippen LogP contribution >= 0.6 is 11.6 Å². The maximum absolute atomic E-state index is 13.0. The zero-order chi connectivity index (χ0) is 21.8. The zero-order valence-electron chi connectivity index (χ0n) is 17.6. The number of anilines is 2. The third-order valence-electron chi connectivity index (χ3n) is 5.54. The van der Waals surface area contributed by atoms with Crippen LogP contribution in [0.15, 0.2) is 28.7 Å². The van der Waals surface area contributed by atoms with Crippen LogP contribution in [-0.4, -0.2) is 50.4 Å². The smallest absolute Gasteiger partial charge is 0.302 e. The van der Waals surface area contributed by atoms with Gasteiger partial charge in [0.25, 0.3) is 5.91 Å². The molecule has 2 atom stereocenters. The van der Waals surface area contributed by atoms with Gasteiger partial charge in [-0.15, -0.1) is 11.6 Å². The maximum atomic E-state index is 13.0. The molecule has 162 valence electrons. The first kappa shape index (κ1) is 20.2. The lowest BCUT2D eigenvalue weighted by Crippen LogP contribution is -2.35. The van der Waals surface area contributed by atoms with Gasteiger partial charge in [-0.2, -0.15) is 4.98 Å². The molecule has 1 aliphatic heterocycles. The number of hydrazine groups is 1. The predicted molar refractivity (Wildman–Crippen MR) is 117 cm³/mol. The monoisotopic (exact) mass is 441 g/mol. The summed E-state index contributed by atoms with van der Waals surface area (Å²) in [6.07, 6.45) is 1.99. The van der Waals surface area contributed by atoms with Crippen LogP contribution in [0.1, 0.15) is 47.6 Å². The van der Waals surface area contributed by atoms with E-state index in [9.17, 15) is 4.79 Å². The summed E-state index contributed by atoms with van der Waals surface area (Å²) in [5.41, 5.74) is 6.28. The van der Waals surface area contributed by atoms with Gasteiger partial charge in [-0.05, 0) is 38.8 Å². The van der Waals surface area contributed by atoms with Crippen molar-refractivity contribution in [2.45, 2.75) is 43.6 Å². The summed E-state index contributed by atoms with van der Waals surface area (Å²) in [5, 5.41) is 7.99. The third kappa shape index (κ3) is 3.96. The minimum Gasteiger partial charge on any atom is -0.423 e. The summed E-state index contributed by atoms with van der Waals surface area (Å²) in [4.78, 5) is 26.0. The summed E-state index contributed by atoms with van der Waals surface area (Å²) >= 11 is 6.83. The average Bonchev–Trinajstić information content (AvgIpc) is 3.33. The quantitative estimate of drug-likeness (QED) is 0.518. The van der Waals surface area contributed by atoms with Gasteiger partial charge in [-0.3, -0.25) is 10.1 Å². The topological polar surface area (TPSA) is 108 Å². The van der Waals surface area contributed by atoms with Gasteiger partial charge in [0.1, 0.15) is 5.52 Å². The Bertz CT molecular complexity index is 1120. The Balaban J connectivity index is 1.55. The van der Waals surface area contributed by atoms with E-state index in [0.29, 0.717) is 35.0 Å². The Morgan fingerprint density at radius 2 is 2.06 bits per heavy atom. The van der Waals surface area contributed by atoms with Crippen molar-refractivity contribution in [2.24, 2.45) is 0 Å². The van der Waals surface area contributed by atoms with Crippen LogP contribution in [0.4, 0.5) is 12.0 Å². The largest absolute Gasteiger partial charge is 0.423 e. The number of hydrogen-bond donors (Lipinski definition) is 3. The van der Waals surface area contributed by atoms with E-state index in [2.05, 4.69) is 26.0 Å². The van der Waals surface area contributed by atoms with Crippen LogP contribution in [0.5, 0.6) is 0 Å². The fraction of sp³-hybridized carbons (Fsp3) is 0.429. The van der Waals surface area contributed by atoms with Crippen LogP contribution in [0.25, 0.3) is 11.1 Å². The van der Waals surface area contributed by atoms with E-state index in [-0.39, 0.29) is 24.0 Å². The molecule has 2 aromatic heterocycles. The Kier molecular flexibility index (Phi) is 4.84. The van der Waals surface area contributed by atoms with Crippen molar-refractivity contribution < 1.29 is 9.21 Å². The number of nitrogens with one attached hydrogen (secondary N) is 3. The number of halogens is 1. The van der Waals surface area contributed by atoms with Crippen LogP contribution in [0, 0.1) is 6.92 Å². The molecule has 2 unspecified atom stereocenters. The molecule has 1 aromatic carbocycles. The lowest BCUT2D eigenvalue weighted by atomic mass is 9.95. The highest BCUT2D eigenvalue weighted by molar-refractivity contribution is 6.24. The molecular weight excluding hydrogens is 418 g/mol. The van der Waals surface area contributed by atoms with Crippen LogP contribution < -0.4 is 16.1 Å². The molecular formula is C21H24ClN7O2. The molecule has 1 saturated heterocycles. The van der Waals surface area contributed by atoms with Gasteiger partial charge in [0.2, 0.25) is 5.95 Å². The number of fused-ring (bicyclic) bond motifs is 1. The van der Waals surface area contributed by atoms with Crippen molar-refractivity contribution in [2.75, 3.05) is 18.9 Å². The van der Waals surface area contributed by atoms with Crippen molar-refractivity contribution in [1.29, 1.82) is 0 Å². The molecule has 9 nitrogen and oxygen atoms in total. The van der Waals surface area contributed by atoms with Gasteiger partial charge in [-0.1, -0.05) is 12.1 Å². The Morgan fingerprint density at radius 3 is 2.74 bits per heavy atom. The first-order chi connectivity index (χ1) is 14.8. The SMILES string of the molecule is Cc1nc(Nc2nc3ccccc3o2)nc(C2NN(C)CC2(C)Cl)c1C(=O)NC1CC1. The van der Waals surface area contributed by atoms with E-state index in [1.54, 1.807) is 6.92 Å². The van der Waals surface area contributed by atoms with E-state index in [1.807, 2.05) is 43.2 Å². The normalized spacial score (nSPS) is 23.9. The number of aryl methyl sites for hydroxylation is 1. The van der Waals surface area contributed by atoms with Crippen LogP contribution in [0.2, 0.25) is 0 Å². The highest BCUT2D eigenvalue weighted by atomic mass is 35.5. The molecule has 1 saturated carbocycles. The van der Waals surface area contributed by atoms with Crippen LogP contribution in [-0.2, 0) is 0 Å². The van der Waals surface area contributed by atoms with Gasteiger partial charge in [0, 0.05) is 19.6 Å².